The summed E-state index contributed by atoms with van der Waals surface area (Å²) in [6, 6.07) is 11.1. The molecule has 3 aromatic rings. The van der Waals surface area contributed by atoms with Gasteiger partial charge in [-0.15, -0.1) is 0 Å². The fraction of sp³-hybridized carbons (Fsp3) is 0.278. The smallest absolute Gasteiger partial charge is 0.330 e. The first-order valence-electron chi connectivity index (χ1n) is 8.48. The molecule has 4 rings (SSSR count). The maximum absolute atomic E-state index is 12.3. The van der Waals surface area contributed by atoms with Crippen molar-refractivity contribution >= 4 is 0 Å². The SMILES string of the molecule is O=c1[nH]c(=O)n([C@H]2C[C@H](O)[C@@H](CO)O2)cc1-c1ccn(-c2ccccc2)n1. The van der Waals surface area contributed by atoms with Gasteiger partial charge in [-0.1, -0.05) is 18.2 Å². The molecule has 9 heteroatoms. The average molecular weight is 370 g/mol. The van der Waals surface area contributed by atoms with Crippen LogP contribution in [0.2, 0.25) is 0 Å². The van der Waals surface area contributed by atoms with Gasteiger partial charge in [0.05, 0.1) is 29.7 Å². The molecule has 0 radical (unpaired) electrons. The zero-order valence-corrected chi connectivity index (χ0v) is 14.2. The van der Waals surface area contributed by atoms with E-state index < -0.39 is 29.7 Å². The number of H-pyrrole nitrogens is 1. The van der Waals surface area contributed by atoms with Crippen molar-refractivity contribution in [2.24, 2.45) is 0 Å². The Kier molecular flexibility index (Phi) is 4.48. The standard InChI is InChI=1S/C18H18N4O5/c23-10-15-14(24)8-16(27-15)21-9-12(17(25)19-18(21)26)13-6-7-22(20-13)11-4-2-1-3-5-11/h1-7,9,14-16,23-24H,8,10H2,(H,19,25,26)/t14-,15+,16+/m0/s1. The topological polar surface area (TPSA) is 122 Å². The predicted molar refractivity (Wildman–Crippen MR) is 95.5 cm³/mol. The number of rotatable bonds is 4. The third-order valence-corrected chi connectivity index (χ3v) is 4.55. The van der Waals surface area contributed by atoms with Crippen LogP contribution < -0.4 is 11.2 Å². The van der Waals surface area contributed by atoms with Gasteiger partial charge in [0, 0.05) is 18.8 Å². The Morgan fingerprint density at radius 1 is 1.22 bits per heavy atom. The van der Waals surface area contributed by atoms with Crippen LogP contribution in [0, 0.1) is 0 Å². The van der Waals surface area contributed by atoms with E-state index in [4.69, 9.17) is 4.74 Å². The van der Waals surface area contributed by atoms with E-state index in [-0.39, 0.29) is 18.6 Å². The lowest BCUT2D eigenvalue weighted by atomic mass is 10.2. The first-order chi connectivity index (χ1) is 13.1. The van der Waals surface area contributed by atoms with Crippen LogP contribution in [-0.2, 0) is 4.74 Å². The molecule has 1 saturated heterocycles. The zero-order chi connectivity index (χ0) is 19.0. The summed E-state index contributed by atoms with van der Waals surface area (Å²) in [5.74, 6) is 0. The second kappa shape index (κ2) is 6.95. The monoisotopic (exact) mass is 370 g/mol. The summed E-state index contributed by atoms with van der Waals surface area (Å²) < 4.78 is 8.34. The van der Waals surface area contributed by atoms with Gasteiger partial charge in [-0.2, -0.15) is 5.10 Å². The maximum atomic E-state index is 12.3. The van der Waals surface area contributed by atoms with E-state index >= 15 is 0 Å². The Hall–Kier alpha value is -3.01. The minimum absolute atomic E-state index is 0.134. The number of nitrogens with zero attached hydrogens (tertiary/aromatic N) is 3. The largest absolute Gasteiger partial charge is 0.394 e. The molecule has 0 aliphatic carbocycles. The van der Waals surface area contributed by atoms with Crippen LogP contribution in [0.3, 0.4) is 0 Å². The minimum Gasteiger partial charge on any atom is -0.394 e. The number of hydrogen-bond acceptors (Lipinski definition) is 6. The van der Waals surface area contributed by atoms with Crippen molar-refractivity contribution in [3.8, 4) is 16.9 Å². The van der Waals surface area contributed by atoms with Gasteiger partial charge < -0.3 is 14.9 Å². The van der Waals surface area contributed by atoms with Crippen LogP contribution in [0.5, 0.6) is 0 Å². The molecule has 2 aromatic heterocycles. The van der Waals surface area contributed by atoms with Gasteiger partial charge in [0.15, 0.2) is 0 Å². The van der Waals surface area contributed by atoms with E-state index in [1.54, 1.807) is 16.9 Å². The van der Waals surface area contributed by atoms with Crippen molar-refractivity contribution < 1.29 is 14.9 Å². The molecule has 0 spiro atoms. The lowest BCUT2D eigenvalue weighted by Gasteiger charge is -2.15. The molecule has 1 fully saturated rings. The Balaban J connectivity index is 1.71. The molecule has 0 amide bonds. The Morgan fingerprint density at radius 3 is 2.70 bits per heavy atom. The van der Waals surface area contributed by atoms with E-state index in [9.17, 15) is 19.8 Å². The number of aliphatic hydroxyl groups is 2. The van der Waals surface area contributed by atoms with Crippen molar-refractivity contribution in [2.75, 3.05) is 6.61 Å². The number of aromatic nitrogens is 4. The summed E-state index contributed by atoms with van der Waals surface area (Å²) >= 11 is 0. The lowest BCUT2D eigenvalue weighted by molar-refractivity contribution is -0.0458. The van der Waals surface area contributed by atoms with Crippen LogP contribution in [0.4, 0.5) is 0 Å². The van der Waals surface area contributed by atoms with Gasteiger partial charge in [0.2, 0.25) is 0 Å². The minimum atomic E-state index is -0.889. The third-order valence-electron chi connectivity index (χ3n) is 4.55. The summed E-state index contributed by atoms with van der Waals surface area (Å²) in [6.45, 7) is -0.357. The molecular formula is C18H18N4O5. The van der Waals surface area contributed by atoms with E-state index in [1.807, 2.05) is 30.3 Å². The molecular weight excluding hydrogens is 352 g/mol. The molecule has 140 valence electrons. The zero-order valence-electron chi connectivity index (χ0n) is 14.2. The molecule has 1 aliphatic heterocycles. The van der Waals surface area contributed by atoms with Crippen LogP contribution in [0.15, 0.2) is 58.4 Å². The average Bonchev–Trinajstić information content (AvgIpc) is 3.29. The van der Waals surface area contributed by atoms with Crippen LogP contribution in [-0.4, -0.2) is 48.4 Å². The highest BCUT2D eigenvalue weighted by molar-refractivity contribution is 5.56. The first kappa shape index (κ1) is 17.4. The second-order valence-corrected chi connectivity index (χ2v) is 6.31. The van der Waals surface area contributed by atoms with Crippen LogP contribution in [0.25, 0.3) is 16.9 Å². The van der Waals surface area contributed by atoms with Gasteiger partial charge in [0.25, 0.3) is 5.56 Å². The first-order valence-corrected chi connectivity index (χ1v) is 8.48. The molecule has 0 bridgehead atoms. The molecule has 27 heavy (non-hydrogen) atoms. The van der Waals surface area contributed by atoms with Gasteiger partial charge >= 0.3 is 5.69 Å². The third kappa shape index (κ3) is 3.23. The molecule has 1 aromatic carbocycles. The quantitative estimate of drug-likeness (QED) is 0.596. The number of hydrogen-bond donors (Lipinski definition) is 3. The van der Waals surface area contributed by atoms with Crippen molar-refractivity contribution in [3.05, 3.63) is 69.6 Å². The van der Waals surface area contributed by atoms with E-state index in [0.717, 1.165) is 5.69 Å². The molecule has 3 N–H and O–H groups in total. The summed E-state index contributed by atoms with van der Waals surface area (Å²) in [6.07, 6.45) is 0.785. The van der Waals surface area contributed by atoms with Crippen molar-refractivity contribution in [1.82, 2.24) is 19.3 Å². The van der Waals surface area contributed by atoms with Crippen molar-refractivity contribution in [2.45, 2.75) is 24.9 Å². The normalized spacial score (nSPS) is 22.2. The number of aromatic amines is 1. The number of benzene rings is 1. The van der Waals surface area contributed by atoms with Gasteiger partial charge in [-0.25, -0.2) is 9.48 Å². The summed E-state index contributed by atoms with van der Waals surface area (Å²) in [7, 11) is 0. The van der Waals surface area contributed by atoms with Gasteiger partial charge in [0.1, 0.15) is 12.3 Å². The highest BCUT2D eigenvalue weighted by atomic mass is 16.5. The fourth-order valence-electron chi connectivity index (χ4n) is 3.12. The van der Waals surface area contributed by atoms with Gasteiger partial charge in [-0.3, -0.25) is 14.3 Å². The molecule has 1 aliphatic rings. The van der Waals surface area contributed by atoms with E-state index in [0.29, 0.717) is 5.69 Å². The molecule has 9 nitrogen and oxygen atoms in total. The van der Waals surface area contributed by atoms with Crippen molar-refractivity contribution in [3.63, 3.8) is 0 Å². The molecule has 0 unspecified atom stereocenters. The van der Waals surface area contributed by atoms with Crippen LogP contribution >= 0.6 is 0 Å². The summed E-state index contributed by atoms with van der Waals surface area (Å²) in [5.41, 5.74) is 0.219. The summed E-state index contributed by atoms with van der Waals surface area (Å²) in [5, 5.41) is 23.5. The number of nitrogens with one attached hydrogen (secondary N) is 1. The van der Waals surface area contributed by atoms with Gasteiger partial charge in [-0.05, 0) is 18.2 Å². The predicted octanol–water partition coefficient (Wildman–Crippen LogP) is 0.0300. The summed E-state index contributed by atoms with van der Waals surface area (Å²) in [4.78, 5) is 26.7. The van der Waals surface area contributed by atoms with E-state index in [1.165, 1.54) is 10.8 Å². The molecule has 0 saturated carbocycles. The lowest BCUT2D eigenvalue weighted by Crippen LogP contribution is -2.33. The number of aliphatic hydroxyl groups excluding tert-OH is 2. The maximum Gasteiger partial charge on any atom is 0.330 e. The Morgan fingerprint density at radius 2 is 2.00 bits per heavy atom. The second-order valence-electron chi connectivity index (χ2n) is 6.31. The number of ether oxygens (including phenoxy) is 1. The number of para-hydroxylation sites is 1. The highest BCUT2D eigenvalue weighted by Crippen LogP contribution is 2.28. The van der Waals surface area contributed by atoms with Crippen LogP contribution in [0.1, 0.15) is 12.6 Å². The highest BCUT2D eigenvalue weighted by Gasteiger charge is 2.35. The Labute approximate surface area is 153 Å². The van der Waals surface area contributed by atoms with E-state index in [2.05, 4.69) is 10.1 Å². The molecule has 3 heterocycles. The fourth-order valence-corrected chi connectivity index (χ4v) is 3.12. The van der Waals surface area contributed by atoms with Crippen molar-refractivity contribution in [1.29, 1.82) is 0 Å². The molecule has 3 atom stereocenters. The Bertz CT molecular complexity index is 1060.